The number of aryl methyl sites for hydroxylation is 1. The minimum atomic E-state index is -3.87. The van der Waals surface area contributed by atoms with Gasteiger partial charge in [-0.25, -0.2) is 13.4 Å². The Hall–Kier alpha value is -3.49. The van der Waals surface area contributed by atoms with E-state index in [-0.39, 0.29) is 10.8 Å². The van der Waals surface area contributed by atoms with Gasteiger partial charge in [0.25, 0.3) is 0 Å². The second kappa shape index (κ2) is 8.70. The molecule has 174 valence electrons. The number of nitrogens with zero attached hydrogens (tertiary/aromatic N) is 2. The van der Waals surface area contributed by atoms with Crippen molar-refractivity contribution in [1.29, 1.82) is 0 Å². The molecule has 5 rings (SSSR count). The summed E-state index contributed by atoms with van der Waals surface area (Å²) in [6.45, 7) is 4.23. The molecule has 2 N–H and O–H groups in total. The topological polar surface area (TPSA) is 95.2 Å². The maximum Gasteiger partial charge on any atom is 0.243 e. The molecule has 0 spiro atoms. The van der Waals surface area contributed by atoms with E-state index in [2.05, 4.69) is 15.3 Å². The molecule has 3 aromatic carbocycles. The van der Waals surface area contributed by atoms with E-state index in [9.17, 15) is 13.2 Å². The molecule has 0 radical (unpaired) electrons. The van der Waals surface area contributed by atoms with Crippen molar-refractivity contribution in [3.63, 3.8) is 0 Å². The van der Waals surface area contributed by atoms with E-state index in [0.29, 0.717) is 41.9 Å². The average molecular weight is 475 g/mol. The lowest BCUT2D eigenvalue weighted by atomic mass is 10.1. The number of hydrogen-bond acceptors (Lipinski definition) is 4. The number of fused-ring (bicyclic) bond motifs is 1. The van der Waals surface area contributed by atoms with Gasteiger partial charge in [0.2, 0.25) is 15.9 Å². The number of anilines is 1. The van der Waals surface area contributed by atoms with Gasteiger partial charge in [-0.3, -0.25) is 4.79 Å². The Labute approximate surface area is 198 Å². The second-order valence-corrected chi connectivity index (χ2v) is 10.5. The van der Waals surface area contributed by atoms with Crippen LogP contribution in [0.15, 0.2) is 71.6 Å². The summed E-state index contributed by atoms with van der Waals surface area (Å²) in [5.74, 6) is 0.376. The van der Waals surface area contributed by atoms with Crippen LogP contribution in [0.4, 0.5) is 5.69 Å². The van der Waals surface area contributed by atoms with Gasteiger partial charge >= 0.3 is 0 Å². The van der Waals surface area contributed by atoms with Crippen LogP contribution in [0.2, 0.25) is 0 Å². The second-order valence-electron chi connectivity index (χ2n) is 8.64. The minimum absolute atomic E-state index is 0.148. The first-order chi connectivity index (χ1) is 16.3. The van der Waals surface area contributed by atoms with E-state index in [1.807, 2.05) is 62.4 Å². The number of aromatic nitrogens is 2. The summed E-state index contributed by atoms with van der Waals surface area (Å²) in [6, 6.07) is 19.5. The van der Waals surface area contributed by atoms with Crippen LogP contribution >= 0.6 is 0 Å². The molecule has 7 nitrogen and oxygen atoms in total. The Bertz CT molecular complexity index is 1480. The van der Waals surface area contributed by atoms with Crippen molar-refractivity contribution >= 4 is 32.7 Å². The number of imidazole rings is 1. The smallest absolute Gasteiger partial charge is 0.243 e. The normalized spacial score (nSPS) is 16.7. The monoisotopic (exact) mass is 474 g/mol. The van der Waals surface area contributed by atoms with Crippen molar-refractivity contribution in [2.45, 2.75) is 37.6 Å². The largest absolute Gasteiger partial charge is 0.338 e. The molecule has 0 bridgehead atoms. The molecule has 2 heterocycles. The molecule has 0 saturated carbocycles. The first-order valence-electron chi connectivity index (χ1n) is 11.3. The molecule has 1 aliphatic heterocycles. The molecule has 8 heteroatoms. The van der Waals surface area contributed by atoms with Gasteiger partial charge in [0.15, 0.2) is 0 Å². The maximum absolute atomic E-state index is 13.6. The molecular formula is C26H26N4O3S. The van der Waals surface area contributed by atoms with Crippen molar-refractivity contribution in [2.75, 3.05) is 11.9 Å². The number of hydrogen-bond donors (Lipinski definition) is 2. The maximum atomic E-state index is 13.6. The van der Waals surface area contributed by atoms with Crippen molar-refractivity contribution in [2.24, 2.45) is 0 Å². The fraction of sp³-hybridized carbons (Fsp3) is 0.231. The Morgan fingerprint density at radius 1 is 1.06 bits per heavy atom. The molecule has 0 aliphatic carbocycles. The zero-order chi connectivity index (χ0) is 23.9. The van der Waals surface area contributed by atoms with Gasteiger partial charge in [-0.2, -0.15) is 4.31 Å². The summed E-state index contributed by atoms with van der Waals surface area (Å²) in [5.41, 5.74) is 4.99. The average Bonchev–Trinajstić information content (AvgIpc) is 3.50. The summed E-state index contributed by atoms with van der Waals surface area (Å²) >= 11 is 0. The van der Waals surface area contributed by atoms with E-state index >= 15 is 0 Å². The van der Waals surface area contributed by atoms with Crippen molar-refractivity contribution in [1.82, 2.24) is 14.3 Å². The molecule has 34 heavy (non-hydrogen) atoms. The van der Waals surface area contributed by atoms with E-state index in [1.165, 1.54) is 4.31 Å². The Kier molecular flexibility index (Phi) is 5.71. The highest BCUT2D eigenvalue weighted by Crippen LogP contribution is 2.30. The predicted octanol–water partition coefficient (Wildman–Crippen LogP) is 4.64. The van der Waals surface area contributed by atoms with Gasteiger partial charge in [-0.1, -0.05) is 42.5 Å². The molecule has 1 amide bonds. The molecule has 1 aliphatic rings. The molecule has 1 unspecified atom stereocenters. The lowest BCUT2D eigenvalue weighted by Gasteiger charge is -2.24. The van der Waals surface area contributed by atoms with Crippen LogP contribution in [0.3, 0.4) is 0 Å². The van der Waals surface area contributed by atoms with Crippen LogP contribution in [-0.2, 0) is 14.8 Å². The summed E-state index contributed by atoms with van der Waals surface area (Å²) in [6.07, 6.45) is 1.12. The lowest BCUT2D eigenvalue weighted by molar-refractivity contribution is -0.119. The van der Waals surface area contributed by atoms with Crippen LogP contribution < -0.4 is 5.32 Å². The van der Waals surface area contributed by atoms with Crippen LogP contribution in [0.25, 0.3) is 22.4 Å². The summed E-state index contributed by atoms with van der Waals surface area (Å²) in [5, 5.41) is 2.94. The Morgan fingerprint density at radius 3 is 2.65 bits per heavy atom. The highest BCUT2D eigenvalue weighted by atomic mass is 32.2. The molecule has 1 fully saturated rings. The first kappa shape index (κ1) is 22.3. The van der Waals surface area contributed by atoms with Gasteiger partial charge < -0.3 is 10.3 Å². The summed E-state index contributed by atoms with van der Waals surface area (Å²) in [4.78, 5) is 21.1. The van der Waals surface area contributed by atoms with E-state index in [1.54, 1.807) is 18.2 Å². The number of rotatable bonds is 5. The zero-order valence-electron chi connectivity index (χ0n) is 19.1. The zero-order valence-corrected chi connectivity index (χ0v) is 19.9. The number of nitrogens with one attached hydrogen (secondary N) is 2. The number of carbonyl (C=O) groups is 1. The third-order valence-corrected chi connectivity index (χ3v) is 8.38. The lowest BCUT2D eigenvalue weighted by Crippen LogP contribution is -2.43. The fourth-order valence-corrected chi connectivity index (χ4v) is 6.09. The first-order valence-corrected chi connectivity index (χ1v) is 12.7. The summed E-state index contributed by atoms with van der Waals surface area (Å²) in [7, 11) is -3.87. The van der Waals surface area contributed by atoms with E-state index in [0.717, 1.165) is 16.7 Å². The molecule has 1 saturated heterocycles. The number of sulfonamides is 1. The Balaban J connectivity index is 1.43. The van der Waals surface area contributed by atoms with Gasteiger partial charge in [0.1, 0.15) is 11.9 Å². The molecule has 1 aromatic heterocycles. The fourth-order valence-electron chi connectivity index (χ4n) is 4.41. The van der Waals surface area contributed by atoms with Gasteiger partial charge in [-0.15, -0.1) is 0 Å². The molecular weight excluding hydrogens is 448 g/mol. The van der Waals surface area contributed by atoms with E-state index in [4.69, 9.17) is 0 Å². The quantitative estimate of drug-likeness (QED) is 0.441. The minimum Gasteiger partial charge on any atom is -0.338 e. The number of benzene rings is 3. The van der Waals surface area contributed by atoms with Crippen LogP contribution in [0.1, 0.15) is 24.0 Å². The standard InChI is InChI=1S/C26H26N4O3S/c1-17-8-6-11-21(18(17)2)29-26(31)24-12-7-15-30(24)34(32,33)20-13-14-22-23(16-20)28-25(27-22)19-9-4-3-5-10-19/h3-6,8-11,13-14,16,24H,7,12,15H2,1-2H3,(H,27,28)(H,29,31). The summed E-state index contributed by atoms with van der Waals surface area (Å²) < 4.78 is 28.4. The third-order valence-electron chi connectivity index (χ3n) is 6.48. The van der Waals surface area contributed by atoms with Crippen molar-refractivity contribution < 1.29 is 13.2 Å². The number of amides is 1. The number of carbonyl (C=O) groups excluding carboxylic acids is 1. The number of aromatic amines is 1. The van der Waals surface area contributed by atoms with Crippen LogP contribution in [-0.4, -0.2) is 41.2 Å². The Morgan fingerprint density at radius 2 is 1.85 bits per heavy atom. The van der Waals surface area contributed by atoms with Gasteiger partial charge in [0, 0.05) is 17.8 Å². The highest BCUT2D eigenvalue weighted by Gasteiger charge is 2.39. The van der Waals surface area contributed by atoms with Crippen LogP contribution in [0, 0.1) is 13.8 Å². The van der Waals surface area contributed by atoms with Crippen LogP contribution in [0.5, 0.6) is 0 Å². The van der Waals surface area contributed by atoms with Gasteiger partial charge in [-0.05, 0) is 62.1 Å². The number of H-pyrrole nitrogens is 1. The van der Waals surface area contributed by atoms with Gasteiger partial charge in [0.05, 0.1) is 15.9 Å². The third kappa shape index (κ3) is 3.99. The molecule has 1 atom stereocenters. The van der Waals surface area contributed by atoms with Crippen molar-refractivity contribution in [3.8, 4) is 11.4 Å². The SMILES string of the molecule is Cc1cccc(NC(=O)C2CCCN2S(=O)(=O)c2ccc3nc(-c4ccccc4)[nH]c3c2)c1C. The predicted molar refractivity (Wildman–Crippen MR) is 133 cm³/mol. The van der Waals surface area contributed by atoms with Crippen molar-refractivity contribution in [3.05, 3.63) is 77.9 Å². The van der Waals surface area contributed by atoms with E-state index < -0.39 is 16.1 Å². The molecule has 4 aromatic rings. The highest BCUT2D eigenvalue weighted by molar-refractivity contribution is 7.89.